The van der Waals surface area contributed by atoms with Gasteiger partial charge in [-0.1, -0.05) is 46.3 Å². The molecular weight excluding hydrogens is 334 g/mol. The van der Waals surface area contributed by atoms with E-state index in [9.17, 15) is 4.79 Å². The number of nitrogens with zero attached hydrogens (tertiary/aromatic N) is 1. The molecule has 0 spiro atoms. The van der Waals surface area contributed by atoms with Gasteiger partial charge in [-0.05, 0) is 24.8 Å². The van der Waals surface area contributed by atoms with Crippen LogP contribution < -0.4 is 0 Å². The van der Waals surface area contributed by atoms with E-state index in [2.05, 4.69) is 15.9 Å². The summed E-state index contributed by atoms with van der Waals surface area (Å²) < 4.78 is 11.4. The number of halogens is 1. The highest BCUT2D eigenvalue weighted by atomic mass is 79.9. The Morgan fingerprint density at radius 3 is 2.95 bits per heavy atom. The van der Waals surface area contributed by atoms with Crippen molar-refractivity contribution in [1.29, 1.82) is 0 Å². The van der Waals surface area contributed by atoms with Crippen molar-refractivity contribution < 1.29 is 14.3 Å². The summed E-state index contributed by atoms with van der Waals surface area (Å²) in [6, 6.07) is 9.95. The van der Waals surface area contributed by atoms with Gasteiger partial charge < -0.3 is 14.4 Å². The van der Waals surface area contributed by atoms with E-state index in [1.54, 1.807) is 0 Å². The van der Waals surface area contributed by atoms with Gasteiger partial charge in [-0.3, -0.25) is 0 Å². The van der Waals surface area contributed by atoms with E-state index in [4.69, 9.17) is 9.47 Å². The molecule has 0 aromatic heterocycles. The van der Waals surface area contributed by atoms with Gasteiger partial charge in [0, 0.05) is 11.9 Å². The Hall–Kier alpha value is -1.07. The molecule has 2 aliphatic rings. The number of piperidine rings is 1. The molecule has 0 radical (unpaired) electrons. The molecule has 2 aliphatic heterocycles. The number of carbonyl (C=O) groups excluding carboxylic acids is 1. The molecule has 0 saturated carbocycles. The average Bonchev–Trinajstić information content (AvgIpc) is 2.96. The minimum absolute atomic E-state index is 0.171. The quantitative estimate of drug-likeness (QED) is 0.782. The lowest BCUT2D eigenvalue weighted by molar-refractivity contribution is 0.000548. The van der Waals surface area contributed by atoms with Gasteiger partial charge in [-0.2, -0.15) is 0 Å². The molecule has 4 nitrogen and oxygen atoms in total. The number of amides is 1. The second-order valence-corrected chi connectivity index (χ2v) is 6.28. The summed E-state index contributed by atoms with van der Waals surface area (Å²) in [7, 11) is 0. The van der Waals surface area contributed by atoms with Crippen molar-refractivity contribution in [2.75, 3.05) is 11.9 Å². The highest BCUT2D eigenvalue weighted by Crippen LogP contribution is 2.33. The Morgan fingerprint density at radius 2 is 2.19 bits per heavy atom. The monoisotopic (exact) mass is 353 g/mol. The van der Waals surface area contributed by atoms with Gasteiger partial charge in [-0.15, -0.1) is 0 Å². The molecule has 114 valence electrons. The van der Waals surface area contributed by atoms with E-state index in [-0.39, 0.29) is 24.3 Å². The zero-order valence-corrected chi connectivity index (χ0v) is 13.5. The van der Waals surface area contributed by atoms with Gasteiger partial charge in [0.05, 0.1) is 18.2 Å². The Balaban J connectivity index is 1.59. The molecule has 1 aromatic rings. The number of hydrogen-bond acceptors (Lipinski definition) is 3. The van der Waals surface area contributed by atoms with Crippen LogP contribution in [-0.4, -0.2) is 41.1 Å². The Bertz CT molecular complexity index is 482. The molecule has 3 rings (SSSR count). The molecule has 0 bridgehead atoms. The van der Waals surface area contributed by atoms with Crippen LogP contribution >= 0.6 is 15.9 Å². The Labute approximate surface area is 133 Å². The molecular formula is C16H20BrNO3. The molecule has 2 heterocycles. The first kappa shape index (κ1) is 14.9. The zero-order valence-electron chi connectivity index (χ0n) is 11.9. The summed E-state index contributed by atoms with van der Waals surface area (Å²) in [5, 5.41) is 0.826. The molecule has 21 heavy (non-hydrogen) atoms. The van der Waals surface area contributed by atoms with Gasteiger partial charge in [0.1, 0.15) is 6.61 Å². The number of hydrogen-bond donors (Lipinski definition) is 0. The Kier molecular flexibility index (Phi) is 4.80. The van der Waals surface area contributed by atoms with Gasteiger partial charge in [0.15, 0.2) is 0 Å². The van der Waals surface area contributed by atoms with Crippen molar-refractivity contribution in [1.82, 2.24) is 4.90 Å². The third kappa shape index (κ3) is 3.40. The summed E-state index contributed by atoms with van der Waals surface area (Å²) in [5.74, 6) is 0. The molecule has 2 saturated heterocycles. The smallest absolute Gasteiger partial charge is 0.410 e. The van der Waals surface area contributed by atoms with Gasteiger partial charge in [-0.25, -0.2) is 4.79 Å². The maximum absolute atomic E-state index is 12.3. The predicted octanol–water partition coefficient (Wildman–Crippen LogP) is 3.34. The second-order valence-electron chi connectivity index (χ2n) is 5.63. The average molecular weight is 354 g/mol. The van der Waals surface area contributed by atoms with E-state index in [0.717, 1.165) is 36.7 Å². The minimum Gasteiger partial charge on any atom is -0.445 e. The summed E-state index contributed by atoms with van der Waals surface area (Å²) in [6.07, 6.45) is 3.09. The second kappa shape index (κ2) is 6.79. The molecule has 1 amide bonds. The number of carbonyl (C=O) groups is 1. The van der Waals surface area contributed by atoms with Crippen LogP contribution in [0.5, 0.6) is 0 Å². The highest BCUT2D eigenvalue weighted by molar-refractivity contribution is 9.09. The SMILES string of the molecule is O=C(OCc1ccccc1)N1CCC[C@@H]2O[C@H](CBr)C[C@@H]21. The van der Waals surface area contributed by atoms with E-state index in [1.807, 2.05) is 35.2 Å². The van der Waals surface area contributed by atoms with E-state index < -0.39 is 0 Å². The molecule has 2 fully saturated rings. The van der Waals surface area contributed by atoms with Crippen molar-refractivity contribution in [2.45, 2.75) is 44.1 Å². The number of fused-ring (bicyclic) bond motifs is 1. The molecule has 1 aromatic carbocycles. The molecule has 5 heteroatoms. The maximum Gasteiger partial charge on any atom is 0.410 e. The van der Waals surface area contributed by atoms with E-state index in [0.29, 0.717) is 6.61 Å². The fourth-order valence-electron chi connectivity index (χ4n) is 3.16. The third-order valence-electron chi connectivity index (χ3n) is 4.20. The molecule has 0 aliphatic carbocycles. The fraction of sp³-hybridized carbons (Fsp3) is 0.562. The number of rotatable bonds is 3. The van der Waals surface area contributed by atoms with Crippen LogP contribution in [-0.2, 0) is 16.1 Å². The van der Waals surface area contributed by atoms with Gasteiger partial charge in [0.25, 0.3) is 0 Å². The standard InChI is InChI=1S/C16H20BrNO3/c17-10-13-9-14-15(21-13)7-4-8-18(14)16(19)20-11-12-5-2-1-3-6-12/h1-3,5-6,13-15H,4,7-11H2/t13-,14-,15-/m0/s1. The number of alkyl halides is 1. The molecule has 3 atom stereocenters. The van der Waals surface area contributed by atoms with E-state index in [1.165, 1.54) is 0 Å². The van der Waals surface area contributed by atoms with Crippen LogP contribution in [0.1, 0.15) is 24.8 Å². The third-order valence-corrected chi connectivity index (χ3v) is 4.92. The van der Waals surface area contributed by atoms with Crippen LogP contribution in [0.25, 0.3) is 0 Å². The topological polar surface area (TPSA) is 38.8 Å². The van der Waals surface area contributed by atoms with Crippen LogP contribution in [0, 0.1) is 0 Å². The van der Waals surface area contributed by atoms with Crippen molar-refractivity contribution in [3.8, 4) is 0 Å². The van der Waals surface area contributed by atoms with Gasteiger partial charge in [0.2, 0.25) is 0 Å². The van der Waals surface area contributed by atoms with Crippen LogP contribution in [0.2, 0.25) is 0 Å². The number of likely N-dealkylation sites (tertiary alicyclic amines) is 1. The fourth-order valence-corrected chi connectivity index (χ4v) is 3.58. The normalized spacial score (nSPS) is 28.2. The van der Waals surface area contributed by atoms with E-state index >= 15 is 0 Å². The molecule has 0 unspecified atom stereocenters. The van der Waals surface area contributed by atoms with Crippen molar-refractivity contribution in [3.05, 3.63) is 35.9 Å². The lowest BCUT2D eigenvalue weighted by atomic mass is 9.98. The zero-order chi connectivity index (χ0) is 14.7. The number of ether oxygens (including phenoxy) is 2. The summed E-state index contributed by atoms with van der Waals surface area (Å²) in [4.78, 5) is 14.2. The van der Waals surface area contributed by atoms with Crippen molar-refractivity contribution in [2.24, 2.45) is 0 Å². The van der Waals surface area contributed by atoms with Crippen LogP contribution in [0.15, 0.2) is 30.3 Å². The molecule has 0 N–H and O–H groups in total. The lowest BCUT2D eigenvalue weighted by Gasteiger charge is -2.35. The lowest BCUT2D eigenvalue weighted by Crippen LogP contribution is -2.48. The summed E-state index contributed by atoms with van der Waals surface area (Å²) >= 11 is 3.47. The Morgan fingerprint density at radius 1 is 1.38 bits per heavy atom. The highest BCUT2D eigenvalue weighted by Gasteiger charge is 2.42. The largest absolute Gasteiger partial charge is 0.445 e. The summed E-state index contributed by atoms with van der Waals surface area (Å²) in [5.41, 5.74) is 1.01. The maximum atomic E-state index is 12.3. The van der Waals surface area contributed by atoms with Gasteiger partial charge >= 0.3 is 6.09 Å². The number of benzene rings is 1. The van der Waals surface area contributed by atoms with Crippen molar-refractivity contribution in [3.63, 3.8) is 0 Å². The minimum atomic E-state index is -0.215. The first-order valence-electron chi connectivity index (χ1n) is 7.46. The first-order valence-corrected chi connectivity index (χ1v) is 8.59. The van der Waals surface area contributed by atoms with Crippen LogP contribution in [0.4, 0.5) is 4.79 Å². The first-order chi connectivity index (χ1) is 10.3. The van der Waals surface area contributed by atoms with Crippen molar-refractivity contribution >= 4 is 22.0 Å². The summed E-state index contributed by atoms with van der Waals surface area (Å²) in [6.45, 7) is 1.10. The predicted molar refractivity (Wildman–Crippen MR) is 83.4 cm³/mol. The van der Waals surface area contributed by atoms with Crippen LogP contribution in [0.3, 0.4) is 0 Å².